The van der Waals surface area contributed by atoms with Crippen molar-refractivity contribution in [2.75, 3.05) is 41.5 Å². The molecule has 2 aromatic carbocycles. The summed E-state index contributed by atoms with van der Waals surface area (Å²) in [4.78, 5) is 29.1. The number of ether oxygens (including phenoxy) is 3. The van der Waals surface area contributed by atoms with E-state index in [1.807, 2.05) is 54.6 Å². The predicted octanol–water partition coefficient (Wildman–Crippen LogP) is 4.89. The van der Waals surface area contributed by atoms with Crippen LogP contribution in [0.1, 0.15) is 31.7 Å². The lowest BCUT2D eigenvalue weighted by Crippen LogP contribution is -2.59. The molecule has 2 amide bonds. The number of piperazine rings is 1. The summed E-state index contributed by atoms with van der Waals surface area (Å²) in [6, 6.07) is 11.2. The zero-order valence-corrected chi connectivity index (χ0v) is 22.5. The lowest BCUT2D eigenvalue weighted by Gasteiger charge is -2.38. The molecular weight excluding hydrogens is 468 g/mol. The Morgan fingerprint density at radius 1 is 0.919 bits per heavy atom. The molecule has 2 aromatic rings. The maximum absolute atomic E-state index is 13.2. The number of unbranched alkanes of at least 4 members (excludes halogenated alkanes) is 2. The number of likely N-dealkylation sites (N-methyl/N-ethyl adjacent to an activating group) is 1. The maximum Gasteiger partial charge on any atom is 0.246 e. The van der Waals surface area contributed by atoms with E-state index in [0.717, 1.165) is 23.1 Å². The van der Waals surface area contributed by atoms with Crippen LogP contribution in [0.5, 0.6) is 17.2 Å². The fourth-order valence-electron chi connectivity index (χ4n) is 4.35. The molecule has 0 bridgehead atoms. The molecule has 7 heteroatoms. The van der Waals surface area contributed by atoms with Gasteiger partial charge in [-0.15, -0.1) is 0 Å². The van der Waals surface area contributed by atoms with Gasteiger partial charge in [-0.25, -0.2) is 0 Å². The molecule has 0 radical (unpaired) electrons. The van der Waals surface area contributed by atoms with Crippen LogP contribution in [0.25, 0.3) is 11.1 Å². The molecule has 1 aliphatic rings. The Labute approximate surface area is 220 Å². The number of hydrogen-bond acceptors (Lipinski definition) is 5. The zero-order chi connectivity index (χ0) is 26.8. The molecule has 0 spiro atoms. The van der Waals surface area contributed by atoms with Crippen LogP contribution in [0.15, 0.2) is 60.7 Å². The van der Waals surface area contributed by atoms with Gasteiger partial charge >= 0.3 is 0 Å². The number of hydrogen-bond donors (Lipinski definition) is 0. The third-order valence-corrected chi connectivity index (χ3v) is 6.60. The van der Waals surface area contributed by atoms with Crippen LogP contribution < -0.4 is 14.2 Å². The summed E-state index contributed by atoms with van der Waals surface area (Å²) in [7, 11) is 6.46. The molecule has 1 fully saturated rings. The quantitative estimate of drug-likeness (QED) is 0.303. The van der Waals surface area contributed by atoms with E-state index < -0.39 is 6.04 Å². The third-order valence-electron chi connectivity index (χ3n) is 6.60. The minimum absolute atomic E-state index is 0.0320. The molecule has 1 unspecified atom stereocenters. The number of methoxy groups -OCH3 is 3. The van der Waals surface area contributed by atoms with Crippen molar-refractivity contribution < 1.29 is 23.8 Å². The van der Waals surface area contributed by atoms with Gasteiger partial charge in [0.1, 0.15) is 12.6 Å². The Morgan fingerprint density at radius 3 is 2.16 bits per heavy atom. The van der Waals surface area contributed by atoms with E-state index >= 15 is 0 Å². The second-order valence-electron chi connectivity index (χ2n) is 9.05. The third kappa shape index (κ3) is 6.94. The zero-order valence-electron chi connectivity index (χ0n) is 22.5. The van der Waals surface area contributed by atoms with E-state index in [1.54, 1.807) is 38.2 Å². The highest BCUT2D eigenvalue weighted by Crippen LogP contribution is 2.41. The SMILES string of the molecule is CCCC/C=C/C=C/CN1CC(=O)N(C)C(Cc2ccc(-c3cc(OC)c(OC)c(OC)c3)cc2)C1=O. The van der Waals surface area contributed by atoms with Crippen molar-refractivity contribution in [2.45, 2.75) is 38.6 Å². The van der Waals surface area contributed by atoms with Crippen molar-refractivity contribution in [2.24, 2.45) is 0 Å². The highest BCUT2D eigenvalue weighted by molar-refractivity contribution is 5.95. The highest BCUT2D eigenvalue weighted by Gasteiger charge is 2.36. The number of nitrogens with zero attached hydrogens (tertiary/aromatic N) is 2. The first-order valence-corrected chi connectivity index (χ1v) is 12.7. The molecule has 0 aromatic heterocycles. The average molecular weight is 507 g/mol. The van der Waals surface area contributed by atoms with Crippen LogP contribution in [-0.4, -0.2) is 69.1 Å². The fourth-order valence-corrected chi connectivity index (χ4v) is 4.35. The smallest absolute Gasteiger partial charge is 0.246 e. The van der Waals surface area contributed by atoms with E-state index in [2.05, 4.69) is 13.0 Å². The first-order chi connectivity index (χ1) is 17.9. The minimum atomic E-state index is -0.526. The largest absolute Gasteiger partial charge is 0.493 e. The Balaban J connectivity index is 1.71. The van der Waals surface area contributed by atoms with Crippen molar-refractivity contribution in [3.8, 4) is 28.4 Å². The van der Waals surface area contributed by atoms with Gasteiger partial charge in [-0.05, 0) is 35.2 Å². The molecule has 37 heavy (non-hydrogen) atoms. The summed E-state index contributed by atoms with van der Waals surface area (Å²) >= 11 is 0. The molecule has 0 aliphatic carbocycles. The van der Waals surface area contributed by atoms with E-state index in [-0.39, 0.29) is 18.4 Å². The van der Waals surface area contributed by atoms with E-state index in [4.69, 9.17) is 14.2 Å². The van der Waals surface area contributed by atoms with Gasteiger partial charge in [0.2, 0.25) is 17.6 Å². The van der Waals surface area contributed by atoms with E-state index in [0.29, 0.717) is 30.2 Å². The predicted molar refractivity (Wildman–Crippen MR) is 146 cm³/mol. The summed E-state index contributed by atoms with van der Waals surface area (Å²) in [5.74, 6) is 1.63. The molecule has 0 saturated carbocycles. The summed E-state index contributed by atoms with van der Waals surface area (Å²) < 4.78 is 16.4. The fraction of sp³-hybridized carbons (Fsp3) is 0.400. The summed E-state index contributed by atoms with van der Waals surface area (Å²) in [5, 5.41) is 0. The van der Waals surface area contributed by atoms with Crippen molar-refractivity contribution in [1.82, 2.24) is 9.80 Å². The van der Waals surface area contributed by atoms with Gasteiger partial charge in [-0.1, -0.05) is 68.3 Å². The first-order valence-electron chi connectivity index (χ1n) is 12.7. The number of benzene rings is 2. The summed E-state index contributed by atoms with van der Waals surface area (Å²) in [6.07, 6.45) is 11.8. The van der Waals surface area contributed by atoms with Crippen LogP contribution in [0.2, 0.25) is 0 Å². The minimum Gasteiger partial charge on any atom is -0.493 e. The van der Waals surface area contributed by atoms with Crippen molar-refractivity contribution in [3.05, 3.63) is 66.3 Å². The highest BCUT2D eigenvalue weighted by atomic mass is 16.5. The van der Waals surface area contributed by atoms with Gasteiger partial charge in [0.05, 0.1) is 21.3 Å². The lowest BCUT2D eigenvalue weighted by atomic mass is 9.98. The molecule has 0 N–H and O–H groups in total. The lowest BCUT2D eigenvalue weighted by molar-refractivity contribution is -0.153. The first kappa shape index (κ1) is 27.8. The second kappa shape index (κ2) is 13.5. The Bertz CT molecular complexity index is 1100. The van der Waals surface area contributed by atoms with Crippen LogP contribution in [-0.2, 0) is 16.0 Å². The monoisotopic (exact) mass is 506 g/mol. The summed E-state index contributed by atoms with van der Waals surface area (Å²) in [5.41, 5.74) is 2.87. The molecule has 7 nitrogen and oxygen atoms in total. The van der Waals surface area contributed by atoms with E-state index in [9.17, 15) is 9.59 Å². The molecule has 1 atom stereocenters. The topological polar surface area (TPSA) is 68.3 Å². The van der Waals surface area contributed by atoms with Gasteiger partial charge in [0, 0.05) is 20.0 Å². The van der Waals surface area contributed by atoms with Gasteiger partial charge in [-0.3, -0.25) is 9.59 Å². The second-order valence-corrected chi connectivity index (χ2v) is 9.05. The van der Waals surface area contributed by atoms with Crippen LogP contribution in [0, 0.1) is 0 Å². The number of carbonyl (C=O) groups is 2. The van der Waals surface area contributed by atoms with Crippen LogP contribution in [0.4, 0.5) is 0 Å². The number of allylic oxidation sites excluding steroid dienone is 3. The van der Waals surface area contributed by atoms with Gasteiger partial charge in [0.15, 0.2) is 11.5 Å². The molecule has 1 saturated heterocycles. The Hall–Kier alpha value is -3.74. The average Bonchev–Trinajstić information content (AvgIpc) is 2.92. The Morgan fingerprint density at radius 2 is 1.57 bits per heavy atom. The molecule has 1 aliphatic heterocycles. The van der Waals surface area contributed by atoms with Crippen molar-refractivity contribution in [3.63, 3.8) is 0 Å². The molecular formula is C30H38N2O5. The number of amides is 2. The standard InChI is InChI=1S/C30H38N2O5/c1-6-7-8-9-10-11-12-17-32-21-28(33)31(2)25(30(32)34)18-22-13-15-23(16-14-22)24-19-26(35-3)29(37-5)27(20-24)36-4/h9-16,19-20,25H,6-8,17-18,21H2,1-5H3/b10-9+,12-11+. The van der Waals surface area contributed by atoms with Gasteiger partial charge < -0.3 is 24.0 Å². The van der Waals surface area contributed by atoms with E-state index in [1.165, 1.54) is 12.8 Å². The number of rotatable bonds is 12. The molecule has 1 heterocycles. The van der Waals surface area contributed by atoms with Crippen molar-refractivity contribution >= 4 is 11.8 Å². The van der Waals surface area contributed by atoms with Crippen molar-refractivity contribution in [1.29, 1.82) is 0 Å². The normalized spacial score (nSPS) is 16.2. The van der Waals surface area contributed by atoms with Gasteiger partial charge in [0.25, 0.3) is 0 Å². The Kier molecular flexibility index (Phi) is 10.2. The van der Waals surface area contributed by atoms with Gasteiger partial charge in [-0.2, -0.15) is 0 Å². The van der Waals surface area contributed by atoms with Crippen LogP contribution >= 0.6 is 0 Å². The maximum atomic E-state index is 13.2. The molecule has 3 rings (SSSR count). The molecule has 198 valence electrons. The summed E-state index contributed by atoms with van der Waals surface area (Å²) in [6.45, 7) is 2.70. The van der Waals surface area contributed by atoms with Crippen LogP contribution in [0.3, 0.4) is 0 Å². The number of carbonyl (C=O) groups excluding carboxylic acids is 2.